The number of pyridine rings is 1. The molecule has 16 heavy (non-hydrogen) atoms. The zero-order valence-electron chi connectivity index (χ0n) is 11.8. The first kappa shape index (κ1) is 13.2. The smallest absolute Gasteiger partial charge is 0.0465 e. The molecule has 0 spiro atoms. The van der Waals surface area contributed by atoms with Crippen LogP contribution in [0.5, 0.6) is 0 Å². The first-order chi connectivity index (χ1) is 7.11. The van der Waals surface area contributed by atoms with E-state index in [0.29, 0.717) is 0 Å². The molecular formula is C15H25N. The number of nitrogens with zero attached hydrogens (tertiary/aromatic N) is 1. The van der Waals surface area contributed by atoms with Crippen molar-refractivity contribution in [1.29, 1.82) is 0 Å². The van der Waals surface area contributed by atoms with Crippen LogP contribution in [0.4, 0.5) is 0 Å². The van der Waals surface area contributed by atoms with Gasteiger partial charge in [0, 0.05) is 17.3 Å². The summed E-state index contributed by atoms with van der Waals surface area (Å²) in [7, 11) is 0. The lowest BCUT2D eigenvalue weighted by atomic mass is 9.54. The lowest BCUT2D eigenvalue weighted by Gasteiger charge is -2.50. The van der Waals surface area contributed by atoms with E-state index in [0.717, 1.165) is 0 Å². The topological polar surface area (TPSA) is 12.9 Å². The van der Waals surface area contributed by atoms with Crippen molar-refractivity contribution in [2.24, 2.45) is 10.8 Å². The molecule has 0 N–H and O–H groups in total. The van der Waals surface area contributed by atoms with Gasteiger partial charge in [-0.1, -0.05) is 54.5 Å². The molecule has 1 aromatic rings. The highest BCUT2D eigenvalue weighted by atomic mass is 14.7. The van der Waals surface area contributed by atoms with Crippen LogP contribution in [0.1, 0.15) is 54.2 Å². The fourth-order valence-corrected chi connectivity index (χ4v) is 1.99. The predicted molar refractivity (Wildman–Crippen MR) is 70.5 cm³/mol. The highest BCUT2D eigenvalue weighted by Gasteiger charge is 2.46. The summed E-state index contributed by atoms with van der Waals surface area (Å²) >= 11 is 0. The Labute approximate surface area is 100 Å². The summed E-state index contributed by atoms with van der Waals surface area (Å²) in [4.78, 5) is 4.53. The monoisotopic (exact) mass is 219 g/mol. The Morgan fingerprint density at radius 1 is 0.875 bits per heavy atom. The molecule has 90 valence electrons. The van der Waals surface area contributed by atoms with Gasteiger partial charge in [-0.05, 0) is 23.0 Å². The molecular weight excluding hydrogens is 194 g/mol. The van der Waals surface area contributed by atoms with Gasteiger partial charge in [0.2, 0.25) is 0 Å². The van der Waals surface area contributed by atoms with E-state index < -0.39 is 0 Å². The van der Waals surface area contributed by atoms with Crippen LogP contribution in [0.3, 0.4) is 0 Å². The van der Waals surface area contributed by atoms with Crippen LogP contribution >= 0.6 is 0 Å². The Morgan fingerprint density at radius 2 is 1.44 bits per heavy atom. The highest BCUT2D eigenvalue weighted by Crippen LogP contribution is 2.51. The van der Waals surface area contributed by atoms with E-state index in [1.165, 1.54) is 5.69 Å². The third-order valence-electron chi connectivity index (χ3n) is 4.74. The highest BCUT2D eigenvalue weighted by molar-refractivity contribution is 5.20. The maximum Gasteiger partial charge on any atom is 0.0465 e. The van der Waals surface area contributed by atoms with Gasteiger partial charge in [-0.25, -0.2) is 0 Å². The summed E-state index contributed by atoms with van der Waals surface area (Å²) in [5, 5.41) is 0. The average Bonchev–Trinajstić information content (AvgIpc) is 2.17. The maximum absolute atomic E-state index is 4.53. The van der Waals surface area contributed by atoms with Crippen LogP contribution in [0.15, 0.2) is 24.4 Å². The minimum atomic E-state index is 0.0620. The molecule has 1 nitrogen and oxygen atoms in total. The molecule has 0 fully saturated rings. The lowest BCUT2D eigenvalue weighted by molar-refractivity contribution is 0.0432. The summed E-state index contributed by atoms with van der Waals surface area (Å²) in [6.45, 7) is 16.2. The summed E-state index contributed by atoms with van der Waals surface area (Å²) in [6.07, 6.45) is 1.88. The zero-order chi connectivity index (χ0) is 12.6. The lowest BCUT2D eigenvalue weighted by Crippen LogP contribution is -2.46. The Hall–Kier alpha value is -0.850. The number of hydrogen-bond acceptors (Lipinski definition) is 1. The molecule has 0 saturated heterocycles. The molecule has 0 aliphatic heterocycles. The molecule has 0 aliphatic carbocycles. The van der Waals surface area contributed by atoms with Crippen molar-refractivity contribution in [2.75, 3.05) is 0 Å². The third kappa shape index (κ3) is 2.00. The second-order valence-corrected chi connectivity index (χ2v) is 6.71. The van der Waals surface area contributed by atoms with E-state index in [4.69, 9.17) is 0 Å². The third-order valence-corrected chi connectivity index (χ3v) is 4.74. The molecule has 0 unspecified atom stereocenters. The number of rotatable bonds is 2. The van der Waals surface area contributed by atoms with Crippen molar-refractivity contribution >= 4 is 0 Å². The fourth-order valence-electron chi connectivity index (χ4n) is 1.99. The van der Waals surface area contributed by atoms with Crippen molar-refractivity contribution in [3.05, 3.63) is 30.1 Å². The Morgan fingerprint density at radius 3 is 1.81 bits per heavy atom. The second-order valence-electron chi connectivity index (χ2n) is 6.71. The average molecular weight is 219 g/mol. The molecule has 0 bridgehead atoms. The van der Waals surface area contributed by atoms with Gasteiger partial charge in [0.15, 0.2) is 0 Å². The summed E-state index contributed by atoms with van der Waals surface area (Å²) in [6, 6.07) is 6.18. The normalized spacial score (nSPS) is 13.9. The van der Waals surface area contributed by atoms with Gasteiger partial charge in [-0.3, -0.25) is 4.98 Å². The molecule has 0 aromatic carbocycles. The molecule has 1 heterocycles. The van der Waals surface area contributed by atoms with Crippen LogP contribution in [-0.2, 0) is 5.41 Å². The van der Waals surface area contributed by atoms with E-state index in [2.05, 4.69) is 65.6 Å². The summed E-state index contributed by atoms with van der Waals surface area (Å²) in [5.74, 6) is 0. The molecule has 0 aliphatic rings. The van der Waals surface area contributed by atoms with Crippen LogP contribution in [0.2, 0.25) is 0 Å². The largest absolute Gasteiger partial charge is 0.261 e. The quantitative estimate of drug-likeness (QED) is 0.717. The van der Waals surface area contributed by atoms with Gasteiger partial charge in [0.05, 0.1) is 0 Å². The zero-order valence-corrected chi connectivity index (χ0v) is 11.8. The van der Waals surface area contributed by atoms with Crippen molar-refractivity contribution in [1.82, 2.24) is 4.98 Å². The van der Waals surface area contributed by atoms with Gasteiger partial charge in [0.25, 0.3) is 0 Å². The van der Waals surface area contributed by atoms with Gasteiger partial charge in [-0.15, -0.1) is 0 Å². The first-order valence-electron chi connectivity index (χ1n) is 6.02. The van der Waals surface area contributed by atoms with E-state index in [9.17, 15) is 0 Å². The Kier molecular flexibility index (Phi) is 3.20. The number of aromatic nitrogens is 1. The van der Waals surface area contributed by atoms with Crippen molar-refractivity contribution in [3.63, 3.8) is 0 Å². The van der Waals surface area contributed by atoms with Gasteiger partial charge < -0.3 is 0 Å². The SMILES string of the molecule is CC(C)(C)C(C)(C)C(C)(C)c1ccccn1. The van der Waals surface area contributed by atoms with Crippen molar-refractivity contribution < 1.29 is 0 Å². The Balaban J connectivity index is 3.22. The van der Waals surface area contributed by atoms with Gasteiger partial charge >= 0.3 is 0 Å². The van der Waals surface area contributed by atoms with Gasteiger partial charge in [-0.2, -0.15) is 0 Å². The minimum Gasteiger partial charge on any atom is -0.261 e. The van der Waals surface area contributed by atoms with Crippen LogP contribution in [0, 0.1) is 10.8 Å². The second kappa shape index (κ2) is 3.87. The standard InChI is InChI=1S/C15H25N/c1-13(2,3)15(6,7)14(4,5)12-10-8-9-11-16-12/h8-11H,1-7H3. The van der Waals surface area contributed by atoms with Crippen LogP contribution < -0.4 is 0 Å². The van der Waals surface area contributed by atoms with Gasteiger partial charge in [0.1, 0.15) is 0 Å². The molecule has 0 saturated carbocycles. The van der Waals surface area contributed by atoms with E-state index in [1.807, 2.05) is 12.3 Å². The summed E-state index contributed by atoms with van der Waals surface area (Å²) in [5.41, 5.74) is 1.66. The Bertz CT molecular complexity index is 341. The fraction of sp³-hybridized carbons (Fsp3) is 0.667. The predicted octanol–water partition coefficient (Wildman–Crippen LogP) is 4.43. The molecule has 1 rings (SSSR count). The van der Waals surface area contributed by atoms with Crippen LogP contribution in [-0.4, -0.2) is 4.98 Å². The molecule has 0 radical (unpaired) electrons. The van der Waals surface area contributed by atoms with Crippen molar-refractivity contribution in [3.8, 4) is 0 Å². The molecule has 0 amide bonds. The molecule has 0 atom stereocenters. The van der Waals surface area contributed by atoms with E-state index in [-0.39, 0.29) is 16.2 Å². The summed E-state index contributed by atoms with van der Waals surface area (Å²) < 4.78 is 0. The minimum absolute atomic E-state index is 0.0620. The maximum atomic E-state index is 4.53. The van der Waals surface area contributed by atoms with Crippen LogP contribution in [0.25, 0.3) is 0 Å². The first-order valence-corrected chi connectivity index (χ1v) is 6.02. The molecule has 1 heteroatoms. The van der Waals surface area contributed by atoms with Crippen molar-refractivity contribution in [2.45, 2.75) is 53.9 Å². The van der Waals surface area contributed by atoms with E-state index >= 15 is 0 Å². The van der Waals surface area contributed by atoms with E-state index in [1.54, 1.807) is 0 Å². The number of hydrogen-bond donors (Lipinski definition) is 0. The molecule has 1 aromatic heterocycles.